The van der Waals surface area contributed by atoms with E-state index >= 15 is 0 Å². The summed E-state index contributed by atoms with van der Waals surface area (Å²) in [5, 5.41) is 12.0. The van der Waals surface area contributed by atoms with Crippen LogP contribution in [0.2, 0.25) is 0 Å². The summed E-state index contributed by atoms with van der Waals surface area (Å²) in [6, 6.07) is 7.35. The van der Waals surface area contributed by atoms with E-state index in [0.717, 1.165) is 11.3 Å². The number of nitrogens with zero attached hydrogens (tertiary/aromatic N) is 4. The molecule has 2 rings (SSSR count). The van der Waals surface area contributed by atoms with Gasteiger partial charge in [-0.1, -0.05) is 6.08 Å². The van der Waals surface area contributed by atoms with E-state index in [1.807, 2.05) is 24.3 Å². The molecule has 0 amide bonds. The van der Waals surface area contributed by atoms with Gasteiger partial charge in [-0.15, -0.1) is 16.8 Å². The largest absolute Gasteiger partial charge is 0.399 e. The molecule has 0 saturated heterocycles. The number of hydrogen-bond acceptors (Lipinski definition) is 4. The van der Waals surface area contributed by atoms with Crippen molar-refractivity contribution in [3.63, 3.8) is 0 Å². The molecule has 0 atom stereocenters. The molecule has 0 unspecified atom stereocenters. The number of nitrogen functional groups attached to an aromatic ring is 1. The fraction of sp³-hybridized carbons (Fsp3) is 0.100. The molecule has 0 aliphatic carbocycles. The fourth-order valence-electron chi connectivity index (χ4n) is 1.18. The van der Waals surface area contributed by atoms with Gasteiger partial charge in [-0.3, -0.25) is 0 Å². The Kier molecular flexibility index (Phi) is 2.45. The molecule has 2 N–H and O–H groups in total. The Labute approximate surface area is 87.2 Å². The molecular formula is C10H11N5. The van der Waals surface area contributed by atoms with Gasteiger partial charge in [0.15, 0.2) is 0 Å². The predicted molar refractivity (Wildman–Crippen MR) is 57.9 cm³/mol. The Hall–Kier alpha value is -2.17. The van der Waals surface area contributed by atoms with Gasteiger partial charge in [-0.2, -0.15) is 4.80 Å². The molecule has 15 heavy (non-hydrogen) atoms. The third kappa shape index (κ3) is 2.01. The number of benzene rings is 1. The van der Waals surface area contributed by atoms with E-state index in [1.165, 1.54) is 4.80 Å². The van der Waals surface area contributed by atoms with Crippen LogP contribution in [0.4, 0.5) is 5.69 Å². The molecule has 1 heterocycles. The van der Waals surface area contributed by atoms with Crippen molar-refractivity contribution in [2.24, 2.45) is 0 Å². The highest BCUT2D eigenvalue weighted by atomic mass is 15.6. The minimum absolute atomic E-state index is 0.558. The van der Waals surface area contributed by atoms with Crippen LogP contribution >= 0.6 is 0 Å². The van der Waals surface area contributed by atoms with E-state index < -0.39 is 0 Å². The first kappa shape index (κ1) is 9.39. The standard InChI is InChI=1S/C10H11N5/c1-2-7-15-13-10(12-14-15)8-3-5-9(11)6-4-8/h2-6H,1,7,11H2. The molecular weight excluding hydrogens is 190 g/mol. The van der Waals surface area contributed by atoms with Crippen molar-refractivity contribution in [1.82, 2.24) is 20.2 Å². The van der Waals surface area contributed by atoms with Gasteiger partial charge in [0.2, 0.25) is 5.82 Å². The van der Waals surface area contributed by atoms with Crippen molar-refractivity contribution in [2.75, 3.05) is 5.73 Å². The molecule has 0 fully saturated rings. The Morgan fingerprint density at radius 2 is 2.07 bits per heavy atom. The highest BCUT2D eigenvalue weighted by Gasteiger charge is 2.03. The van der Waals surface area contributed by atoms with Gasteiger partial charge >= 0.3 is 0 Å². The smallest absolute Gasteiger partial charge is 0.204 e. The van der Waals surface area contributed by atoms with E-state index in [0.29, 0.717) is 12.4 Å². The molecule has 0 bridgehead atoms. The summed E-state index contributed by atoms with van der Waals surface area (Å²) in [5.74, 6) is 0.594. The second-order valence-corrected chi connectivity index (χ2v) is 3.08. The van der Waals surface area contributed by atoms with E-state index in [-0.39, 0.29) is 0 Å². The van der Waals surface area contributed by atoms with Gasteiger partial charge in [0, 0.05) is 11.3 Å². The number of hydrogen-bond donors (Lipinski definition) is 1. The SMILES string of the molecule is C=CCn1nnc(-c2ccc(N)cc2)n1. The van der Waals surface area contributed by atoms with Crippen LogP contribution in [0, 0.1) is 0 Å². The van der Waals surface area contributed by atoms with Crippen LogP contribution in [0.15, 0.2) is 36.9 Å². The van der Waals surface area contributed by atoms with E-state index in [1.54, 1.807) is 6.08 Å². The molecule has 2 aromatic rings. The minimum atomic E-state index is 0.558. The van der Waals surface area contributed by atoms with Crippen LogP contribution in [-0.2, 0) is 6.54 Å². The first-order chi connectivity index (χ1) is 7.29. The van der Waals surface area contributed by atoms with E-state index in [4.69, 9.17) is 5.73 Å². The van der Waals surface area contributed by atoms with Crippen molar-refractivity contribution in [3.05, 3.63) is 36.9 Å². The molecule has 1 aromatic heterocycles. The van der Waals surface area contributed by atoms with Gasteiger partial charge in [0.25, 0.3) is 0 Å². The van der Waals surface area contributed by atoms with Gasteiger partial charge in [-0.05, 0) is 29.5 Å². The fourth-order valence-corrected chi connectivity index (χ4v) is 1.18. The summed E-state index contributed by atoms with van der Waals surface area (Å²) in [6.07, 6.45) is 1.72. The predicted octanol–water partition coefficient (Wildman–Crippen LogP) is 1.11. The average molecular weight is 201 g/mol. The molecule has 0 aliphatic rings. The van der Waals surface area contributed by atoms with Crippen molar-refractivity contribution < 1.29 is 0 Å². The Bertz CT molecular complexity index is 457. The lowest BCUT2D eigenvalue weighted by molar-refractivity contribution is 0.583. The molecule has 5 nitrogen and oxygen atoms in total. The molecule has 0 radical (unpaired) electrons. The van der Waals surface area contributed by atoms with Crippen molar-refractivity contribution in [3.8, 4) is 11.4 Å². The van der Waals surface area contributed by atoms with Gasteiger partial charge < -0.3 is 5.73 Å². The summed E-state index contributed by atoms with van der Waals surface area (Å²) in [5.41, 5.74) is 7.20. The van der Waals surface area contributed by atoms with Crippen LogP contribution in [0.3, 0.4) is 0 Å². The minimum Gasteiger partial charge on any atom is -0.399 e. The molecule has 1 aromatic carbocycles. The van der Waals surface area contributed by atoms with Crippen molar-refractivity contribution >= 4 is 5.69 Å². The Balaban J connectivity index is 2.28. The maximum absolute atomic E-state index is 5.58. The van der Waals surface area contributed by atoms with Gasteiger partial charge in [0.1, 0.15) is 0 Å². The van der Waals surface area contributed by atoms with Gasteiger partial charge in [0.05, 0.1) is 6.54 Å². The van der Waals surface area contributed by atoms with Crippen LogP contribution < -0.4 is 5.73 Å². The zero-order valence-corrected chi connectivity index (χ0v) is 8.17. The lowest BCUT2D eigenvalue weighted by Crippen LogP contribution is -1.99. The number of allylic oxidation sites excluding steroid dienone is 1. The van der Waals surface area contributed by atoms with Crippen LogP contribution in [-0.4, -0.2) is 20.2 Å². The van der Waals surface area contributed by atoms with Crippen molar-refractivity contribution in [2.45, 2.75) is 6.54 Å². The second kappa shape index (κ2) is 3.91. The van der Waals surface area contributed by atoms with Crippen molar-refractivity contribution in [1.29, 1.82) is 0 Å². The molecule has 5 heteroatoms. The van der Waals surface area contributed by atoms with Crippen LogP contribution in [0.5, 0.6) is 0 Å². The third-order valence-electron chi connectivity index (χ3n) is 1.91. The second-order valence-electron chi connectivity index (χ2n) is 3.08. The van der Waals surface area contributed by atoms with Gasteiger partial charge in [-0.25, -0.2) is 0 Å². The number of tetrazole rings is 1. The molecule has 76 valence electrons. The summed E-state index contributed by atoms with van der Waals surface area (Å²) in [7, 11) is 0. The number of rotatable bonds is 3. The van der Waals surface area contributed by atoms with Crippen LogP contribution in [0.25, 0.3) is 11.4 Å². The number of aromatic nitrogens is 4. The summed E-state index contributed by atoms with van der Waals surface area (Å²) < 4.78 is 0. The lowest BCUT2D eigenvalue weighted by Gasteiger charge is -1.94. The highest BCUT2D eigenvalue weighted by Crippen LogP contribution is 2.14. The highest BCUT2D eigenvalue weighted by molar-refractivity contribution is 5.57. The molecule has 0 aliphatic heterocycles. The van der Waals surface area contributed by atoms with E-state index in [2.05, 4.69) is 22.0 Å². The first-order valence-corrected chi connectivity index (χ1v) is 4.54. The normalized spacial score (nSPS) is 10.1. The molecule has 0 saturated carbocycles. The maximum Gasteiger partial charge on any atom is 0.204 e. The average Bonchev–Trinajstić information content (AvgIpc) is 2.68. The lowest BCUT2D eigenvalue weighted by atomic mass is 10.2. The summed E-state index contributed by atoms with van der Waals surface area (Å²) in [6.45, 7) is 4.16. The number of anilines is 1. The summed E-state index contributed by atoms with van der Waals surface area (Å²) >= 11 is 0. The van der Waals surface area contributed by atoms with E-state index in [9.17, 15) is 0 Å². The van der Waals surface area contributed by atoms with Crippen LogP contribution in [0.1, 0.15) is 0 Å². The molecule has 0 spiro atoms. The number of nitrogens with two attached hydrogens (primary N) is 1. The first-order valence-electron chi connectivity index (χ1n) is 4.54. The zero-order chi connectivity index (χ0) is 10.7. The zero-order valence-electron chi connectivity index (χ0n) is 8.17. The summed E-state index contributed by atoms with van der Waals surface area (Å²) in [4.78, 5) is 1.48. The maximum atomic E-state index is 5.58. The monoisotopic (exact) mass is 201 g/mol. The topological polar surface area (TPSA) is 69.6 Å². The third-order valence-corrected chi connectivity index (χ3v) is 1.91. The Morgan fingerprint density at radius 3 is 2.73 bits per heavy atom. The quantitative estimate of drug-likeness (QED) is 0.596. The Morgan fingerprint density at radius 1 is 1.33 bits per heavy atom.